The maximum Gasteiger partial charge on any atom is 0.126 e. The molecular formula is C15H25FN2. The van der Waals surface area contributed by atoms with Crippen LogP contribution in [0.3, 0.4) is 0 Å². The lowest BCUT2D eigenvalue weighted by molar-refractivity contribution is 0.249. The third-order valence-corrected chi connectivity index (χ3v) is 3.40. The molecule has 0 aliphatic rings. The van der Waals surface area contributed by atoms with Gasteiger partial charge in [-0.25, -0.2) is 4.39 Å². The molecular weight excluding hydrogens is 227 g/mol. The van der Waals surface area contributed by atoms with E-state index in [2.05, 4.69) is 25.8 Å². The summed E-state index contributed by atoms with van der Waals surface area (Å²) in [5.41, 5.74) is 7.77. The Labute approximate surface area is 110 Å². The molecule has 2 N–H and O–H groups in total. The van der Waals surface area contributed by atoms with Crippen LogP contribution in [0.5, 0.6) is 0 Å². The Bertz CT molecular complexity index is 388. The van der Waals surface area contributed by atoms with E-state index < -0.39 is 0 Å². The Morgan fingerprint density at radius 2 is 2.00 bits per heavy atom. The van der Waals surface area contributed by atoms with Crippen LogP contribution in [0.4, 0.5) is 4.39 Å². The van der Waals surface area contributed by atoms with E-state index in [4.69, 9.17) is 5.73 Å². The Morgan fingerprint density at radius 1 is 1.33 bits per heavy atom. The summed E-state index contributed by atoms with van der Waals surface area (Å²) in [6, 6.07) is 5.31. The number of hydrogen-bond acceptors (Lipinski definition) is 2. The molecule has 0 amide bonds. The molecule has 0 heterocycles. The highest BCUT2D eigenvalue weighted by atomic mass is 19.1. The topological polar surface area (TPSA) is 29.3 Å². The maximum atomic E-state index is 13.2. The SMILES string of the molecule is Cc1cc(CN(C)CCC(C)(C)CN)ccc1F. The Balaban J connectivity index is 2.49. The largest absolute Gasteiger partial charge is 0.330 e. The molecule has 3 heteroatoms. The van der Waals surface area contributed by atoms with E-state index in [0.717, 1.165) is 25.1 Å². The first-order valence-electron chi connectivity index (χ1n) is 6.48. The normalized spacial score (nSPS) is 12.2. The highest BCUT2D eigenvalue weighted by molar-refractivity contribution is 5.23. The van der Waals surface area contributed by atoms with Gasteiger partial charge in [0.15, 0.2) is 0 Å². The zero-order chi connectivity index (χ0) is 13.8. The quantitative estimate of drug-likeness (QED) is 0.843. The van der Waals surface area contributed by atoms with Gasteiger partial charge in [-0.3, -0.25) is 0 Å². The minimum Gasteiger partial charge on any atom is -0.330 e. The molecule has 0 spiro atoms. The van der Waals surface area contributed by atoms with Gasteiger partial charge in [0.25, 0.3) is 0 Å². The van der Waals surface area contributed by atoms with E-state index in [-0.39, 0.29) is 11.2 Å². The average Bonchev–Trinajstić information content (AvgIpc) is 2.32. The number of aryl methyl sites for hydroxylation is 1. The lowest BCUT2D eigenvalue weighted by Gasteiger charge is -2.26. The van der Waals surface area contributed by atoms with Crippen molar-refractivity contribution in [3.63, 3.8) is 0 Å². The number of halogens is 1. The van der Waals surface area contributed by atoms with Gasteiger partial charge in [-0.1, -0.05) is 26.0 Å². The summed E-state index contributed by atoms with van der Waals surface area (Å²) in [5, 5.41) is 0. The molecule has 0 aliphatic carbocycles. The molecule has 2 nitrogen and oxygen atoms in total. The molecule has 0 saturated carbocycles. The minimum absolute atomic E-state index is 0.134. The fraction of sp³-hybridized carbons (Fsp3) is 0.600. The van der Waals surface area contributed by atoms with Crippen LogP contribution in [-0.2, 0) is 6.54 Å². The maximum absolute atomic E-state index is 13.2. The van der Waals surface area contributed by atoms with Gasteiger partial charge >= 0.3 is 0 Å². The molecule has 0 radical (unpaired) electrons. The van der Waals surface area contributed by atoms with E-state index in [1.807, 2.05) is 12.1 Å². The van der Waals surface area contributed by atoms with Crippen molar-refractivity contribution < 1.29 is 4.39 Å². The monoisotopic (exact) mass is 252 g/mol. The highest BCUT2D eigenvalue weighted by Gasteiger charge is 2.16. The fourth-order valence-corrected chi connectivity index (χ4v) is 1.79. The van der Waals surface area contributed by atoms with Crippen LogP contribution in [0.15, 0.2) is 18.2 Å². The average molecular weight is 252 g/mol. The van der Waals surface area contributed by atoms with Gasteiger partial charge in [0, 0.05) is 6.54 Å². The van der Waals surface area contributed by atoms with Crippen molar-refractivity contribution in [3.05, 3.63) is 35.1 Å². The fourth-order valence-electron chi connectivity index (χ4n) is 1.79. The summed E-state index contributed by atoms with van der Waals surface area (Å²) in [5.74, 6) is -0.134. The van der Waals surface area contributed by atoms with Crippen LogP contribution < -0.4 is 5.73 Å². The van der Waals surface area contributed by atoms with Gasteiger partial charge < -0.3 is 10.6 Å². The van der Waals surface area contributed by atoms with Crippen LogP contribution in [-0.4, -0.2) is 25.0 Å². The standard InChI is InChI=1S/C15H25FN2/c1-12-9-13(5-6-14(12)16)10-18(4)8-7-15(2,3)11-17/h5-6,9H,7-8,10-11,17H2,1-4H3. The van der Waals surface area contributed by atoms with Crippen LogP contribution in [0, 0.1) is 18.2 Å². The summed E-state index contributed by atoms with van der Waals surface area (Å²) >= 11 is 0. The summed E-state index contributed by atoms with van der Waals surface area (Å²) in [4.78, 5) is 2.25. The smallest absolute Gasteiger partial charge is 0.126 e. The van der Waals surface area contributed by atoms with Crippen molar-refractivity contribution in [1.29, 1.82) is 0 Å². The molecule has 1 aromatic rings. The zero-order valence-electron chi connectivity index (χ0n) is 12.0. The number of hydrogen-bond donors (Lipinski definition) is 1. The van der Waals surface area contributed by atoms with E-state index in [0.29, 0.717) is 12.1 Å². The molecule has 0 atom stereocenters. The zero-order valence-corrected chi connectivity index (χ0v) is 12.0. The van der Waals surface area contributed by atoms with Crippen molar-refractivity contribution in [1.82, 2.24) is 4.90 Å². The molecule has 102 valence electrons. The van der Waals surface area contributed by atoms with Gasteiger partial charge in [0.1, 0.15) is 5.82 Å². The Morgan fingerprint density at radius 3 is 2.56 bits per heavy atom. The van der Waals surface area contributed by atoms with Crippen molar-refractivity contribution in [3.8, 4) is 0 Å². The molecule has 0 aromatic heterocycles. The third kappa shape index (κ3) is 4.75. The summed E-state index contributed by atoms with van der Waals surface area (Å²) in [7, 11) is 2.09. The lowest BCUT2D eigenvalue weighted by Crippen LogP contribution is -2.29. The van der Waals surface area contributed by atoms with Gasteiger partial charge in [-0.15, -0.1) is 0 Å². The lowest BCUT2D eigenvalue weighted by atomic mass is 9.89. The first-order valence-corrected chi connectivity index (χ1v) is 6.48. The van der Waals surface area contributed by atoms with E-state index in [9.17, 15) is 4.39 Å². The number of benzene rings is 1. The minimum atomic E-state index is -0.134. The molecule has 0 bridgehead atoms. The van der Waals surface area contributed by atoms with Gasteiger partial charge in [-0.05, 0) is 56.1 Å². The van der Waals surface area contributed by atoms with Crippen LogP contribution in [0.1, 0.15) is 31.4 Å². The third-order valence-electron chi connectivity index (χ3n) is 3.40. The molecule has 0 saturated heterocycles. The van der Waals surface area contributed by atoms with Crippen molar-refractivity contribution >= 4 is 0 Å². The van der Waals surface area contributed by atoms with E-state index in [1.54, 1.807) is 13.0 Å². The highest BCUT2D eigenvalue weighted by Crippen LogP contribution is 2.19. The molecule has 0 aliphatic heterocycles. The van der Waals surface area contributed by atoms with Crippen molar-refractivity contribution in [2.24, 2.45) is 11.1 Å². The van der Waals surface area contributed by atoms with Crippen LogP contribution in [0.2, 0.25) is 0 Å². The molecule has 0 fully saturated rings. The predicted molar refractivity (Wildman–Crippen MR) is 74.9 cm³/mol. The summed E-state index contributed by atoms with van der Waals surface area (Å²) in [6.45, 7) is 8.72. The number of nitrogens with zero attached hydrogens (tertiary/aromatic N) is 1. The van der Waals surface area contributed by atoms with Crippen molar-refractivity contribution in [2.75, 3.05) is 20.1 Å². The summed E-state index contributed by atoms with van der Waals surface area (Å²) in [6.07, 6.45) is 1.07. The second-order valence-corrected chi connectivity index (χ2v) is 5.94. The Kier molecular flexibility index (Phi) is 5.29. The first-order chi connectivity index (χ1) is 8.34. The molecule has 0 unspecified atom stereocenters. The predicted octanol–water partition coefficient (Wildman–Crippen LogP) is 2.94. The number of nitrogens with two attached hydrogens (primary N) is 1. The molecule has 1 aromatic carbocycles. The second-order valence-electron chi connectivity index (χ2n) is 5.94. The van der Waals surface area contributed by atoms with Gasteiger partial charge in [-0.2, -0.15) is 0 Å². The van der Waals surface area contributed by atoms with Crippen LogP contribution in [0.25, 0.3) is 0 Å². The van der Waals surface area contributed by atoms with E-state index >= 15 is 0 Å². The summed E-state index contributed by atoms with van der Waals surface area (Å²) < 4.78 is 13.2. The van der Waals surface area contributed by atoms with Gasteiger partial charge in [0.2, 0.25) is 0 Å². The number of rotatable bonds is 6. The van der Waals surface area contributed by atoms with E-state index in [1.165, 1.54) is 0 Å². The van der Waals surface area contributed by atoms with Gasteiger partial charge in [0.05, 0.1) is 0 Å². The Hall–Kier alpha value is -0.930. The molecule has 1 rings (SSSR count). The molecule has 18 heavy (non-hydrogen) atoms. The van der Waals surface area contributed by atoms with Crippen molar-refractivity contribution in [2.45, 2.75) is 33.7 Å². The first kappa shape index (κ1) is 15.1. The van der Waals surface area contributed by atoms with Crippen LogP contribution >= 0.6 is 0 Å². The second kappa shape index (κ2) is 6.30.